The van der Waals surface area contributed by atoms with E-state index >= 15 is 0 Å². The number of carbonyl (C=O) groups is 1. The van der Waals surface area contributed by atoms with Gasteiger partial charge in [0.15, 0.2) is 5.69 Å². The Morgan fingerprint density at radius 1 is 1.39 bits per heavy atom. The highest BCUT2D eigenvalue weighted by Gasteiger charge is 2.22. The van der Waals surface area contributed by atoms with Crippen LogP contribution in [-0.2, 0) is 18.2 Å². The predicted octanol–water partition coefficient (Wildman–Crippen LogP) is 0.992. The standard InChI is InChI=1S/C19H27N5O4/c1-13(2)8-16-10-17(22-28-16)19(26)20-5-4-15-12-24(6-7-27-15)14-9-18(25)23(3)21-11-14/h9-11,13,15H,4-8,12H2,1-3H3,(H,20,26)/t15-/m1/s1. The molecular weight excluding hydrogens is 362 g/mol. The van der Waals surface area contributed by atoms with E-state index in [0.29, 0.717) is 50.0 Å². The summed E-state index contributed by atoms with van der Waals surface area (Å²) >= 11 is 0. The number of anilines is 1. The molecule has 0 spiro atoms. The minimum atomic E-state index is -0.248. The Labute approximate surface area is 163 Å². The van der Waals surface area contributed by atoms with Crippen LogP contribution in [0.2, 0.25) is 0 Å². The third-order valence-electron chi connectivity index (χ3n) is 4.61. The lowest BCUT2D eigenvalue weighted by Gasteiger charge is -2.34. The fourth-order valence-electron chi connectivity index (χ4n) is 3.12. The molecule has 0 bridgehead atoms. The second-order valence-electron chi connectivity index (χ2n) is 7.44. The fourth-order valence-corrected chi connectivity index (χ4v) is 3.12. The first-order valence-corrected chi connectivity index (χ1v) is 9.56. The number of aryl methyl sites for hydroxylation is 1. The topological polar surface area (TPSA) is 102 Å². The lowest BCUT2D eigenvalue weighted by atomic mass is 10.1. The van der Waals surface area contributed by atoms with Crippen molar-refractivity contribution in [2.24, 2.45) is 13.0 Å². The molecule has 2 aromatic rings. The summed E-state index contributed by atoms with van der Waals surface area (Å²) in [6.45, 7) is 6.55. The number of carbonyl (C=O) groups excluding carboxylic acids is 1. The molecule has 28 heavy (non-hydrogen) atoms. The minimum Gasteiger partial charge on any atom is -0.374 e. The molecule has 152 valence electrons. The molecule has 1 saturated heterocycles. The average molecular weight is 389 g/mol. The zero-order valence-electron chi connectivity index (χ0n) is 16.6. The van der Waals surface area contributed by atoms with Gasteiger partial charge in [-0.25, -0.2) is 4.68 Å². The van der Waals surface area contributed by atoms with E-state index in [0.717, 1.165) is 12.1 Å². The van der Waals surface area contributed by atoms with Crippen molar-refractivity contribution in [3.8, 4) is 0 Å². The second-order valence-corrected chi connectivity index (χ2v) is 7.44. The summed E-state index contributed by atoms with van der Waals surface area (Å²) in [6, 6.07) is 3.27. The molecule has 0 unspecified atom stereocenters. The zero-order chi connectivity index (χ0) is 20.1. The van der Waals surface area contributed by atoms with E-state index in [1.807, 2.05) is 0 Å². The number of nitrogens with zero attached hydrogens (tertiary/aromatic N) is 4. The van der Waals surface area contributed by atoms with Crippen LogP contribution in [0.4, 0.5) is 5.69 Å². The molecule has 1 atom stereocenters. The van der Waals surface area contributed by atoms with Crippen molar-refractivity contribution in [3.05, 3.63) is 40.1 Å². The number of ether oxygens (including phenoxy) is 1. The van der Waals surface area contributed by atoms with Crippen molar-refractivity contribution < 1.29 is 14.1 Å². The van der Waals surface area contributed by atoms with E-state index in [2.05, 4.69) is 34.3 Å². The van der Waals surface area contributed by atoms with Crippen molar-refractivity contribution >= 4 is 11.6 Å². The number of morpholine rings is 1. The fraction of sp³-hybridized carbons (Fsp3) is 0.579. The summed E-state index contributed by atoms with van der Waals surface area (Å²) in [4.78, 5) is 26.1. The highest BCUT2D eigenvalue weighted by Crippen LogP contribution is 2.16. The van der Waals surface area contributed by atoms with Crippen molar-refractivity contribution in [2.75, 3.05) is 31.1 Å². The number of aromatic nitrogens is 3. The molecular formula is C19H27N5O4. The van der Waals surface area contributed by atoms with Crippen LogP contribution >= 0.6 is 0 Å². The van der Waals surface area contributed by atoms with Gasteiger partial charge in [-0.2, -0.15) is 5.10 Å². The van der Waals surface area contributed by atoms with Gasteiger partial charge in [-0.3, -0.25) is 9.59 Å². The molecule has 0 radical (unpaired) electrons. The highest BCUT2D eigenvalue weighted by atomic mass is 16.5. The van der Waals surface area contributed by atoms with E-state index in [1.54, 1.807) is 25.4 Å². The zero-order valence-corrected chi connectivity index (χ0v) is 16.6. The van der Waals surface area contributed by atoms with E-state index < -0.39 is 0 Å². The van der Waals surface area contributed by atoms with E-state index in [9.17, 15) is 9.59 Å². The smallest absolute Gasteiger partial charge is 0.273 e. The monoisotopic (exact) mass is 389 g/mol. The van der Waals surface area contributed by atoms with Gasteiger partial charge in [0, 0.05) is 45.2 Å². The van der Waals surface area contributed by atoms with Crippen LogP contribution in [0.15, 0.2) is 27.6 Å². The number of hydrogen-bond acceptors (Lipinski definition) is 7. The SMILES string of the molecule is CC(C)Cc1cc(C(=O)NCC[C@@H]2CN(c3cnn(C)c(=O)c3)CCO2)no1. The Morgan fingerprint density at radius 2 is 2.21 bits per heavy atom. The Morgan fingerprint density at radius 3 is 2.96 bits per heavy atom. The van der Waals surface area contributed by atoms with Crippen molar-refractivity contribution in [3.63, 3.8) is 0 Å². The molecule has 0 aliphatic carbocycles. The maximum atomic E-state index is 12.2. The molecule has 0 saturated carbocycles. The predicted molar refractivity (Wildman–Crippen MR) is 103 cm³/mol. The van der Waals surface area contributed by atoms with E-state index in [1.165, 1.54) is 4.68 Å². The first-order valence-electron chi connectivity index (χ1n) is 9.56. The summed E-state index contributed by atoms with van der Waals surface area (Å²) < 4.78 is 12.3. The van der Waals surface area contributed by atoms with Gasteiger partial charge in [-0.05, 0) is 12.3 Å². The first kappa shape index (κ1) is 20.1. The normalized spacial score (nSPS) is 17.1. The second kappa shape index (κ2) is 9.01. The Kier molecular flexibility index (Phi) is 6.45. The molecule has 1 fully saturated rings. The quantitative estimate of drug-likeness (QED) is 0.753. The van der Waals surface area contributed by atoms with Gasteiger partial charge < -0.3 is 19.5 Å². The first-order chi connectivity index (χ1) is 13.4. The van der Waals surface area contributed by atoms with Gasteiger partial charge in [-0.1, -0.05) is 19.0 Å². The van der Waals surface area contributed by atoms with Crippen molar-refractivity contribution in [1.82, 2.24) is 20.3 Å². The summed E-state index contributed by atoms with van der Waals surface area (Å²) in [5.74, 6) is 0.909. The van der Waals surface area contributed by atoms with Gasteiger partial charge in [0.25, 0.3) is 11.5 Å². The maximum absolute atomic E-state index is 12.2. The van der Waals surface area contributed by atoms with Crippen LogP contribution in [0.1, 0.15) is 36.5 Å². The summed E-state index contributed by atoms with van der Waals surface area (Å²) in [6.07, 6.45) is 3.07. The molecule has 0 aromatic carbocycles. The van der Waals surface area contributed by atoms with Crippen molar-refractivity contribution in [1.29, 1.82) is 0 Å². The average Bonchev–Trinajstić information content (AvgIpc) is 3.12. The Hall–Kier alpha value is -2.68. The summed E-state index contributed by atoms with van der Waals surface area (Å²) in [5, 5.41) is 10.8. The molecule has 1 aliphatic heterocycles. The van der Waals surface area contributed by atoms with Gasteiger partial charge in [0.1, 0.15) is 5.76 Å². The number of amides is 1. The molecule has 1 aliphatic rings. The highest BCUT2D eigenvalue weighted by molar-refractivity contribution is 5.92. The number of hydrogen-bond donors (Lipinski definition) is 1. The largest absolute Gasteiger partial charge is 0.374 e. The number of nitrogens with one attached hydrogen (secondary N) is 1. The lowest BCUT2D eigenvalue weighted by molar-refractivity contribution is 0.0353. The van der Waals surface area contributed by atoms with Crippen LogP contribution in [-0.4, -0.2) is 53.2 Å². The van der Waals surface area contributed by atoms with Gasteiger partial charge in [-0.15, -0.1) is 0 Å². The van der Waals surface area contributed by atoms with Gasteiger partial charge in [0.2, 0.25) is 0 Å². The van der Waals surface area contributed by atoms with Gasteiger partial charge >= 0.3 is 0 Å². The van der Waals surface area contributed by atoms with Crippen LogP contribution in [0, 0.1) is 5.92 Å². The molecule has 2 aromatic heterocycles. The van der Waals surface area contributed by atoms with Crippen LogP contribution in [0.3, 0.4) is 0 Å². The number of rotatable bonds is 7. The van der Waals surface area contributed by atoms with E-state index in [4.69, 9.17) is 9.26 Å². The van der Waals surface area contributed by atoms with E-state index in [-0.39, 0.29) is 17.6 Å². The Bertz CT molecular complexity index is 860. The van der Waals surface area contributed by atoms with Crippen LogP contribution in [0.5, 0.6) is 0 Å². The molecule has 1 amide bonds. The van der Waals surface area contributed by atoms with Gasteiger partial charge in [0.05, 0.1) is 24.6 Å². The van der Waals surface area contributed by atoms with Crippen LogP contribution in [0.25, 0.3) is 0 Å². The molecule has 3 heterocycles. The summed E-state index contributed by atoms with van der Waals surface area (Å²) in [5.41, 5.74) is 0.950. The third-order valence-corrected chi connectivity index (χ3v) is 4.61. The maximum Gasteiger partial charge on any atom is 0.273 e. The summed E-state index contributed by atoms with van der Waals surface area (Å²) in [7, 11) is 1.62. The lowest BCUT2D eigenvalue weighted by Crippen LogP contribution is -2.44. The molecule has 3 rings (SSSR count). The molecule has 1 N–H and O–H groups in total. The van der Waals surface area contributed by atoms with Crippen molar-refractivity contribution in [2.45, 2.75) is 32.8 Å². The van der Waals surface area contributed by atoms with Crippen LogP contribution < -0.4 is 15.8 Å². The Balaban J connectivity index is 1.47. The third kappa shape index (κ3) is 5.19. The molecule has 9 heteroatoms. The molecule has 9 nitrogen and oxygen atoms in total. The minimum absolute atomic E-state index is 0.0353.